The van der Waals surface area contributed by atoms with E-state index in [1.165, 1.54) is 83.1 Å². The summed E-state index contributed by atoms with van der Waals surface area (Å²) in [4.78, 5) is 10.6. The highest BCUT2D eigenvalue weighted by Crippen LogP contribution is 2.54. The first-order valence-electron chi connectivity index (χ1n) is 21.4. The van der Waals surface area contributed by atoms with Gasteiger partial charge in [0.05, 0.1) is 11.0 Å². The average molecular weight is 785 g/mol. The number of nitrogens with one attached hydrogen (secondary N) is 1. The highest BCUT2D eigenvalue weighted by Gasteiger charge is 2.39. The molecule has 2 heterocycles. The summed E-state index contributed by atoms with van der Waals surface area (Å²) in [6, 6.07) is 66.3. The number of aromatic nitrogens is 1. The van der Waals surface area contributed by atoms with Crippen molar-refractivity contribution in [3.05, 3.63) is 221 Å². The number of rotatable bonds is 5. The zero-order chi connectivity index (χ0) is 41.0. The van der Waals surface area contributed by atoms with Crippen molar-refractivity contribution in [3.8, 4) is 39.1 Å². The summed E-state index contributed by atoms with van der Waals surface area (Å²) >= 11 is 0. The van der Waals surface area contributed by atoms with E-state index in [2.05, 4.69) is 207 Å². The van der Waals surface area contributed by atoms with Gasteiger partial charge in [-0.1, -0.05) is 173 Å². The second-order valence-electron chi connectivity index (χ2n) is 17.8. The summed E-state index contributed by atoms with van der Waals surface area (Å²) in [5, 5.41) is 6.13. The van der Waals surface area contributed by atoms with Gasteiger partial charge >= 0.3 is 0 Å². The van der Waals surface area contributed by atoms with Crippen molar-refractivity contribution < 1.29 is 0 Å². The number of hydrogen-bond acceptors (Lipinski definition) is 3. The number of nitrogens with zero attached hydrogens (tertiary/aromatic N) is 3. The summed E-state index contributed by atoms with van der Waals surface area (Å²) in [5.41, 5.74) is 19.5. The molecule has 0 radical (unpaired) electrons. The first-order valence-corrected chi connectivity index (χ1v) is 21.4. The molecule has 12 rings (SSSR count). The average Bonchev–Trinajstić information content (AvgIpc) is 3.85. The van der Waals surface area contributed by atoms with Crippen LogP contribution < -0.4 is 5.32 Å². The lowest BCUT2D eigenvalue weighted by atomic mass is 9.81. The lowest BCUT2D eigenvalue weighted by molar-refractivity contribution is 0.658. The van der Waals surface area contributed by atoms with Crippen molar-refractivity contribution >= 4 is 33.5 Å². The van der Waals surface area contributed by atoms with E-state index < -0.39 is 6.17 Å². The Morgan fingerprint density at radius 2 is 1.03 bits per heavy atom. The van der Waals surface area contributed by atoms with E-state index in [9.17, 15) is 0 Å². The molecule has 0 amide bonds. The quantitative estimate of drug-likeness (QED) is 0.186. The van der Waals surface area contributed by atoms with Crippen molar-refractivity contribution in [1.82, 2.24) is 9.88 Å². The molecular weight excluding hydrogens is 741 g/mol. The molecule has 0 unspecified atom stereocenters. The van der Waals surface area contributed by atoms with Crippen LogP contribution in [0.5, 0.6) is 0 Å². The number of para-hydroxylation sites is 1. The monoisotopic (exact) mass is 784 g/mol. The minimum absolute atomic E-state index is 0.0999. The minimum atomic E-state index is -0.419. The summed E-state index contributed by atoms with van der Waals surface area (Å²) in [5.74, 6) is 1.65. The molecule has 0 fully saturated rings. The van der Waals surface area contributed by atoms with Crippen LogP contribution >= 0.6 is 0 Å². The van der Waals surface area contributed by atoms with Crippen LogP contribution in [0.2, 0.25) is 0 Å². The zero-order valence-electron chi connectivity index (χ0n) is 34.7. The van der Waals surface area contributed by atoms with Gasteiger partial charge in [-0.15, -0.1) is 0 Å². The Balaban J connectivity index is 1.05. The lowest BCUT2D eigenvalue weighted by Crippen LogP contribution is -2.36. The Kier molecular flexibility index (Phi) is 7.65. The van der Waals surface area contributed by atoms with Gasteiger partial charge in [0.2, 0.25) is 0 Å². The summed E-state index contributed by atoms with van der Waals surface area (Å²) in [6.07, 6.45) is -0.419. The maximum atomic E-state index is 5.32. The van der Waals surface area contributed by atoms with Gasteiger partial charge in [0.1, 0.15) is 11.7 Å². The smallest absolute Gasteiger partial charge is 0.170 e. The maximum absolute atomic E-state index is 5.32. The van der Waals surface area contributed by atoms with Crippen LogP contribution in [0.4, 0.5) is 0 Å². The first kappa shape index (κ1) is 35.6. The topological polar surface area (TPSA) is 41.7 Å². The zero-order valence-corrected chi connectivity index (χ0v) is 34.7. The van der Waals surface area contributed by atoms with E-state index in [1.54, 1.807) is 0 Å². The van der Waals surface area contributed by atoms with Gasteiger partial charge in [-0.05, 0) is 92.0 Å². The second kappa shape index (κ2) is 13.1. The van der Waals surface area contributed by atoms with E-state index in [0.29, 0.717) is 0 Å². The molecule has 0 bridgehead atoms. The van der Waals surface area contributed by atoms with Gasteiger partial charge in [0, 0.05) is 44.0 Å². The number of benzene rings is 8. The van der Waals surface area contributed by atoms with Gasteiger partial charge in [-0.2, -0.15) is 0 Å². The number of amidine groups is 2. The fourth-order valence-electron chi connectivity index (χ4n) is 10.6. The minimum Gasteiger partial charge on any atom is -0.324 e. The Morgan fingerprint density at radius 3 is 1.75 bits per heavy atom. The molecule has 1 N–H and O–H groups in total. The fourth-order valence-corrected chi connectivity index (χ4v) is 10.6. The van der Waals surface area contributed by atoms with Gasteiger partial charge in [-0.25, -0.2) is 9.98 Å². The Hall–Kier alpha value is -7.30. The van der Waals surface area contributed by atoms with E-state index in [0.717, 1.165) is 28.4 Å². The fraction of sp³-hybridized carbons (Fsp3) is 0.123. The van der Waals surface area contributed by atoms with E-state index in [4.69, 9.17) is 9.98 Å². The first-order chi connectivity index (χ1) is 29.8. The highest BCUT2D eigenvalue weighted by molar-refractivity contribution is 6.18. The maximum Gasteiger partial charge on any atom is 0.170 e. The molecular formula is C57H44N4. The van der Waals surface area contributed by atoms with Gasteiger partial charge in [0.15, 0.2) is 6.17 Å². The van der Waals surface area contributed by atoms with Crippen LogP contribution in [-0.2, 0) is 10.8 Å². The number of hydrogen-bond donors (Lipinski definition) is 1. The molecule has 3 aliphatic rings. The van der Waals surface area contributed by atoms with Crippen LogP contribution in [0.25, 0.3) is 60.9 Å². The molecule has 0 spiro atoms. The van der Waals surface area contributed by atoms with Crippen molar-refractivity contribution in [3.63, 3.8) is 0 Å². The lowest BCUT2D eigenvalue weighted by Gasteiger charge is -2.25. The predicted molar refractivity (Wildman–Crippen MR) is 253 cm³/mol. The Labute approximate surface area is 356 Å². The second-order valence-corrected chi connectivity index (χ2v) is 17.8. The van der Waals surface area contributed by atoms with Gasteiger partial charge < -0.3 is 9.88 Å². The summed E-state index contributed by atoms with van der Waals surface area (Å²) in [6.45, 7) is 9.48. The van der Waals surface area contributed by atoms with Crippen molar-refractivity contribution in [1.29, 1.82) is 0 Å². The molecule has 292 valence electrons. The third-order valence-corrected chi connectivity index (χ3v) is 13.7. The molecule has 0 atom stereocenters. The number of aliphatic imine (C=N–C) groups is 2. The summed E-state index contributed by atoms with van der Waals surface area (Å²) in [7, 11) is 0. The summed E-state index contributed by atoms with van der Waals surface area (Å²) < 4.78 is 2.47. The molecule has 4 nitrogen and oxygen atoms in total. The molecule has 0 saturated carbocycles. The molecule has 4 heteroatoms. The molecule has 8 aromatic carbocycles. The normalized spacial score (nSPS) is 15.7. The standard InChI is InChI=1S/C57H44N4/c1-56(2)45-27-15-14-24-40(45)43-33-44-50(34-48(43)56)61(38-22-12-7-13-23-38)49-29-17-25-39(52(44)49)37-30-31-41-47(32-37)57(3,4)46-28-16-26-42(51(41)46)55-59-53(35-18-8-5-9-19-35)58-54(60-55)36-20-10-6-11-21-36/h5-34,55H,1-4H3,(H,58,59,60). The third kappa shape index (κ3) is 5.25. The number of fused-ring (bicyclic) bond motifs is 9. The van der Waals surface area contributed by atoms with Crippen LogP contribution in [0.1, 0.15) is 72.8 Å². The van der Waals surface area contributed by atoms with Crippen LogP contribution in [-0.4, -0.2) is 16.2 Å². The molecule has 1 aliphatic heterocycles. The SMILES string of the molecule is CC1(C)c2ccccc2-c2cc3c4c(-c5ccc6c(c5)C(C)(C)c5cccc(C7N=C(c8ccccc8)NC(c8ccccc8)=N7)c5-6)cccc4n(-c4ccccc4)c3cc21. The molecule has 61 heavy (non-hydrogen) atoms. The largest absolute Gasteiger partial charge is 0.324 e. The third-order valence-electron chi connectivity index (χ3n) is 13.7. The van der Waals surface area contributed by atoms with Gasteiger partial charge in [0.25, 0.3) is 0 Å². The van der Waals surface area contributed by atoms with E-state index in [-0.39, 0.29) is 10.8 Å². The Morgan fingerprint density at radius 1 is 0.443 bits per heavy atom. The van der Waals surface area contributed by atoms with Crippen molar-refractivity contribution in [2.45, 2.75) is 44.7 Å². The van der Waals surface area contributed by atoms with Crippen LogP contribution in [0.3, 0.4) is 0 Å². The molecule has 0 saturated heterocycles. The Bertz CT molecular complexity index is 3260. The van der Waals surface area contributed by atoms with Crippen LogP contribution in [0.15, 0.2) is 192 Å². The van der Waals surface area contributed by atoms with Crippen molar-refractivity contribution in [2.24, 2.45) is 9.98 Å². The van der Waals surface area contributed by atoms with Crippen molar-refractivity contribution in [2.75, 3.05) is 0 Å². The van der Waals surface area contributed by atoms with Crippen LogP contribution in [0, 0.1) is 0 Å². The molecule has 2 aliphatic carbocycles. The molecule has 9 aromatic rings. The highest BCUT2D eigenvalue weighted by atomic mass is 15.2. The van der Waals surface area contributed by atoms with Gasteiger partial charge in [-0.3, -0.25) is 0 Å². The van der Waals surface area contributed by atoms with E-state index in [1.807, 2.05) is 12.1 Å². The molecule has 1 aromatic heterocycles. The van der Waals surface area contributed by atoms with E-state index >= 15 is 0 Å². The predicted octanol–water partition coefficient (Wildman–Crippen LogP) is 13.6.